The second-order valence-corrected chi connectivity index (χ2v) is 3.80. The first-order valence-corrected chi connectivity index (χ1v) is 6.79. The minimum atomic E-state index is -1.16. The maximum absolute atomic E-state index is 11.6. The number of carbonyl (C=O) groups is 3. The molecule has 0 aromatic carbocycles. The van der Waals surface area contributed by atoms with E-state index in [1.54, 1.807) is 20.8 Å². The summed E-state index contributed by atoms with van der Waals surface area (Å²) in [4.78, 5) is 34.4. The molecule has 116 valence electrons. The quantitative estimate of drug-likeness (QED) is 0.269. The molecule has 0 heterocycles. The summed E-state index contributed by atoms with van der Waals surface area (Å²) in [5, 5.41) is 2.73. The summed E-state index contributed by atoms with van der Waals surface area (Å²) < 4.78 is 14.4. The topological polar surface area (TPSA) is 90.9 Å². The molecule has 1 N–H and O–H groups in total. The Morgan fingerprint density at radius 2 is 1.40 bits per heavy atom. The predicted molar refractivity (Wildman–Crippen MR) is 70.9 cm³/mol. The molecule has 0 bridgehead atoms. The highest BCUT2D eigenvalue weighted by molar-refractivity contribution is 5.99. The molecule has 0 aliphatic rings. The number of esters is 3. The summed E-state index contributed by atoms with van der Waals surface area (Å²) in [6, 6.07) is -1.16. The zero-order valence-electron chi connectivity index (χ0n) is 12.3. The zero-order valence-corrected chi connectivity index (χ0v) is 12.3. The van der Waals surface area contributed by atoms with E-state index in [1.807, 2.05) is 0 Å². The molecule has 0 amide bonds. The summed E-state index contributed by atoms with van der Waals surface area (Å²) >= 11 is 0. The van der Waals surface area contributed by atoms with Gasteiger partial charge in [-0.1, -0.05) is 0 Å². The van der Waals surface area contributed by atoms with Crippen molar-refractivity contribution in [1.82, 2.24) is 5.32 Å². The molecule has 0 fully saturated rings. The SMILES string of the molecule is CCOC(=O)CCCNC(C(=O)OCC)C(=O)OCC. The van der Waals surface area contributed by atoms with Crippen LogP contribution in [0.2, 0.25) is 0 Å². The average Bonchev–Trinajstić information content (AvgIpc) is 2.39. The first-order valence-electron chi connectivity index (χ1n) is 6.79. The maximum Gasteiger partial charge on any atom is 0.334 e. The normalized spacial score (nSPS) is 10.2. The second kappa shape index (κ2) is 11.2. The van der Waals surface area contributed by atoms with Crippen molar-refractivity contribution in [3.8, 4) is 0 Å². The van der Waals surface area contributed by atoms with Crippen molar-refractivity contribution in [3.63, 3.8) is 0 Å². The number of carbonyl (C=O) groups excluding carboxylic acids is 3. The van der Waals surface area contributed by atoms with Crippen molar-refractivity contribution in [2.45, 2.75) is 39.7 Å². The van der Waals surface area contributed by atoms with E-state index in [0.29, 0.717) is 19.6 Å². The van der Waals surface area contributed by atoms with Crippen LogP contribution in [0.3, 0.4) is 0 Å². The van der Waals surface area contributed by atoms with Gasteiger partial charge in [0.15, 0.2) is 0 Å². The molecule has 0 spiro atoms. The van der Waals surface area contributed by atoms with Gasteiger partial charge in [-0.15, -0.1) is 0 Å². The van der Waals surface area contributed by atoms with Crippen molar-refractivity contribution in [2.75, 3.05) is 26.4 Å². The van der Waals surface area contributed by atoms with Crippen LogP contribution in [0.15, 0.2) is 0 Å². The standard InChI is InChI=1S/C13H23NO6/c1-4-18-10(15)8-7-9-14-11(12(16)19-5-2)13(17)20-6-3/h11,14H,4-9H2,1-3H3. The van der Waals surface area contributed by atoms with Gasteiger partial charge in [-0.2, -0.15) is 0 Å². The average molecular weight is 289 g/mol. The van der Waals surface area contributed by atoms with Gasteiger partial charge in [0, 0.05) is 6.42 Å². The van der Waals surface area contributed by atoms with E-state index in [4.69, 9.17) is 14.2 Å². The minimum absolute atomic E-state index is 0.180. The Hall–Kier alpha value is -1.63. The lowest BCUT2D eigenvalue weighted by atomic mass is 10.2. The summed E-state index contributed by atoms with van der Waals surface area (Å²) in [5.41, 5.74) is 0. The highest BCUT2D eigenvalue weighted by atomic mass is 16.6. The second-order valence-electron chi connectivity index (χ2n) is 3.80. The van der Waals surface area contributed by atoms with Crippen molar-refractivity contribution in [2.24, 2.45) is 0 Å². The fourth-order valence-corrected chi connectivity index (χ4v) is 1.43. The summed E-state index contributed by atoms with van der Waals surface area (Å²) in [6.07, 6.45) is 0.674. The Morgan fingerprint density at radius 1 is 0.900 bits per heavy atom. The molecule has 7 heteroatoms. The third-order valence-electron chi connectivity index (χ3n) is 2.26. The molecule has 0 atom stereocenters. The summed E-state index contributed by atoms with van der Waals surface area (Å²) in [5.74, 6) is -1.66. The summed E-state index contributed by atoms with van der Waals surface area (Å²) in [6.45, 7) is 6.04. The molecule has 0 aromatic heterocycles. The first kappa shape index (κ1) is 18.4. The monoisotopic (exact) mass is 289 g/mol. The molecule has 0 aliphatic heterocycles. The lowest BCUT2D eigenvalue weighted by Gasteiger charge is -2.15. The van der Waals surface area contributed by atoms with E-state index in [9.17, 15) is 14.4 Å². The van der Waals surface area contributed by atoms with Crippen molar-refractivity contribution >= 4 is 17.9 Å². The summed E-state index contributed by atoms with van der Waals surface area (Å²) in [7, 11) is 0. The number of nitrogens with one attached hydrogen (secondary N) is 1. The van der Waals surface area contributed by atoms with E-state index in [0.717, 1.165) is 0 Å². The highest BCUT2D eigenvalue weighted by Crippen LogP contribution is 1.97. The van der Waals surface area contributed by atoms with Gasteiger partial charge >= 0.3 is 17.9 Å². The van der Waals surface area contributed by atoms with Gasteiger partial charge in [-0.05, 0) is 33.7 Å². The molecule has 0 unspecified atom stereocenters. The highest BCUT2D eigenvalue weighted by Gasteiger charge is 2.28. The van der Waals surface area contributed by atoms with Gasteiger partial charge in [-0.3, -0.25) is 10.1 Å². The van der Waals surface area contributed by atoms with Crippen molar-refractivity contribution < 1.29 is 28.6 Å². The zero-order chi connectivity index (χ0) is 15.4. The van der Waals surface area contributed by atoms with Crippen LogP contribution in [0.5, 0.6) is 0 Å². The molecule has 0 aromatic rings. The van der Waals surface area contributed by atoms with Gasteiger partial charge in [0.05, 0.1) is 19.8 Å². The molecule has 20 heavy (non-hydrogen) atoms. The molecule has 0 saturated carbocycles. The number of hydrogen-bond acceptors (Lipinski definition) is 7. The molecule has 0 rings (SSSR count). The molecule has 0 saturated heterocycles. The van der Waals surface area contributed by atoms with Crippen LogP contribution in [0.25, 0.3) is 0 Å². The fourth-order valence-electron chi connectivity index (χ4n) is 1.43. The fraction of sp³-hybridized carbons (Fsp3) is 0.769. The Kier molecular flexibility index (Phi) is 10.3. The number of rotatable bonds is 10. The molecule has 0 radical (unpaired) electrons. The number of hydrogen-bond donors (Lipinski definition) is 1. The molecule has 7 nitrogen and oxygen atoms in total. The van der Waals surface area contributed by atoms with Gasteiger partial charge in [0.25, 0.3) is 0 Å². The smallest absolute Gasteiger partial charge is 0.334 e. The number of ether oxygens (including phenoxy) is 3. The Labute approximate surface area is 118 Å². The Balaban J connectivity index is 4.19. The van der Waals surface area contributed by atoms with Crippen LogP contribution in [-0.4, -0.2) is 50.3 Å². The van der Waals surface area contributed by atoms with Crippen LogP contribution in [0.1, 0.15) is 33.6 Å². The van der Waals surface area contributed by atoms with E-state index >= 15 is 0 Å². The lowest BCUT2D eigenvalue weighted by molar-refractivity contribution is -0.157. The van der Waals surface area contributed by atoms with E-state index in [-0.39, 0.29) is 25.6 Å². The largest absolute Gasteiger partial charge is 0.466 e. The van der Waals surface area contributed by atoms with Crippen LogP contribution in [-0.2, 0) is 28.6 Å². The molecular weight excluding hydrogens is 266 g/mol. The van der Waals surface area contributed by atoms with Crippen LogP contribution >= 0.6 is 0 Å². The molecule has 0 aliphatic carbocycles. The lowest BCUT2D eigenvalue weighted by Crippen LogP contribution is -2.46. The van der Waals surface area contributed by atoms with Crippen molar-refractivity contribution in [1.29, 1.82) is 0 Å². The maximum atomic E-state index is 11.6. The Bertz CT molecular complexity index is 300. The third-order valence-corrected chi connectivity index (χ3v) is 2.26. The molecular formula is C13H23NO6. The first-order chi connectivity index (χ1) is 9.56. The Morgan fingerprint density at radius 3 is 1.85 bits per heavy atom. The third kappa shape index (κ3) is 7.73. The van der Waals surface area contributed by atoms with Crippen molar-refractivity contribution in [3.05, 3.63) is 0 Å². The van der Waals surface area contributed by atoms with E-state index in [2.05, 4.69) is 5.32 Å². The van der Waals surface area contributed by atoms with E-state index < -0.39 is 18.0 Å². The minimum Gasteiger partial charge on any atom is -0.466 e. The van der Waals surface area contributed by atoms with E-state index in [1.165, 1.54) is 0 Å². The van der Waals surface area contributed by atoms with Crippen LogP contribution in [0.4, 0.5) is 0 Å². The van der Waals surface area contributed by atoms with Crippen LogP contribution < -0.4 is 5.32 Å². The van der Waals surface area contributed by atoms with Gasteiger partial charge in [0.2, 0.25) is 6.04 Å². The predicted octanol–water partition coefficient (Wildman–Crippen LogP) is 0.414. The van der Waals surface area contributed by atoms with Gasteiger partial charge in [0.1, 0.15) is 0 Å². The van der Waals surface area contributed by atoms with Gasteiger partial charge < -0.3 is 14.2 Å². The van der Waals surface area contributed by atoms with Crippen LogP contribution in [0, 0.1) is 0 Å². The van der Waals surface area contributed by atoms with Gasteiger partial charge in [-0.25, -0.2) is 9.59 Å².